The van der Waals surface area contributed by atoms with Gasteiger partial charge in [-0.2, -0.15) is 0 Å². The molecule has 0 heterocycles. The van der Waals surface area contributed by atoms with Crippen molar-refractivity contribution in [2.45, 2.75) is 39.7 Å². The van der Waals surface area contributed by atoms with Crippen LogP contribution in [0.25, 0.3) is 0 Å². The molecule has 1 N–H and O–H groups in total. The van der Waals surface area contributed by atoms with Gasteiger partial charge in [-0.3, -0.25) is 0 Å². The van der Waals surface area contributed by atoms with Crippen LogP contribution in [0.1, 0.15) is 55.0 Å². The summed E-state index contributed by atoms with van der Waals surface area (Å²) in [5, 5.41) is 4.37. The molecule has 0 bridgehead atoms. The topological polar surface area (TPSA) is 12.0 Å². The molecule has 1 atom stereocenters. The van der Waals surface area contributed by atoms with Crippen molar-refractivity contribution in [3.8, 4) is 0 Å². The van der Waals surface area contributed by atoms with Crippen LogP contribution in [0.2, 0.25) is 5.02 Å². The first-order valence-electron chi connectivity index (χ1n) is 7.62. The summed E-state index contributed by atoms with van der Waals surface area (Å²) in [6.45, 7) is 9.52. The number of benzene rings is 2. The van der Waals surface area contributed by atoms with E-state index in [1.165, 1.54) is 16.7 Å². The smallest absolute Gasteiger partial charge is 0.0591 e. The quantitative estimate of drug-likeness (QED) is 0.772. The van der Waals surface area contributed by atoms with Crippen LogP contribution >= 0.6 is 11.6 Å². The Labute approximate surface area is 133 Å². The minimum absolute atomic E-state index is 0.143. The Balaban J connectivity index is 2.38. The van der Waals surface area contributed by atoms with E-state index in [4.69, 9.17) is 11.6 Å². The van der Waals surface area contributed by atoms with Gasteiger partial charge in [0.05, 0.1) is 6.04 Å². The van der Waals surface area contributed by atoms with Crippen molar-refractivity contribution in [1.29, 1.82) is 0 Å². The van der Waals surface area contributed by atoms with Gasteiger partial charge in [0.15, 0.2) is 0 Å². The highest BCUT2D eigenvalue weighted by Crippen LogP contribution is 2.30. The molecule has 0 amide bonds. The zero-order valence-corrected chi connectivity index (χ0v) is 14.0. The van der Waals surface area contributed by atoms with Crippen LogP contribution in [0.15, 0.2) is 42.5 Å². The lowest BCUT2D eigenvalue weighted by Gasteiger charge is -2.21. The summed E-state index contributed by atoms with van der Waals surface area (Å²) in [5.74, 6) is 0.555. The molecule has 0 radical (unpaired) electrons. The minimum Gasteiger partial charge on any atom is -0.306 e. The molecule has 0 aliphatic heterocycles. The molecular weight excluding hydrogens is 278 g/mol. The molecule has 2 aromatic carbocycles. The molecule has 0 spiro atoms. The van der Waals surface area contributed by atoms with Crippen LogP contribution in [0, 0.1) is 6.92 Å². The first kappa shape index (κ1) is 16.1. The van der Waals surface area contributed by atoms with Crippen molar-refractivity contribution in [3.63, 3.8) is 0 Å². The summed E-state index contributed by atoms with van der Waals surface area (Å²) >= 11 is 6.45. The maximum atomic E-state index is 6.45. The average Bonchev–Trinajstić information content (AvgIpc) is 2.46. The van der Waals surface area contributed by atoms with Gasteiger partial charge in [0, 0.05) is 5.02 Å². The van der Waals surface area contributed by atoms with Crippen LogP contribution in [-0.4, -0.2) is 6.54 Å². The second kappa shape index (κ2) is 7.11. The molecule has 1 unspecified atom stereocenters. The Hall–Kier alpha value is -1.31. The molecule has 1 nitrogen and oxygen atoms in total. The van der Waals surface area contributed by atoms with Gasteiger partial charge in [0.25, 0.3) is 0 Å². The Kier molecular flexibility index (Phi) is 5.44. The Morgan fingerprint density at radius 1 is 1.00 bits per heavy atom. The number of rotatable bonds is 5. The van der Waals surface area contributed by atoms with Gasteiger partial charge in [0.2, 0.25) is 0 Å². The van der Waals surface area contributed by atoms with Gasteiger partial charge >= 0.3 is 0 Å². The monoisotopic (exact) mass is 301 g/mol. The predicted molar refractivity (Wildman–Crippen MR) is 92.2 cm³/mol. The fourth-order valence-corrected chi connectivity index (χ4v) is 2.90. The lowest BCUT2D eigenvalue weighted by Crippen LogP contribution is -2.22. The van der Waals surface area contributed by atoms with Gasteiger partial charge in [-0.05, 0) is 47.7 Å². The molecule has 2 heteroatoms. The number of hydrogen-bond acceptors (Lipinski definition) is 1. The third-order valence-electron chi connectivity index (χ3n) is 3.81. The molecule has 112 valence electrons. The summed E-state index contributed by atoms with van der Waals surface area (Å²) in [6.07, 6.45) is 0. The van der Waals surface area contributed by atoms with E-state index in [2.05, 4.69) is 69.4 Å². The van der Waals surface area contributed by atoms with E-state index >= 15 is 0 Å². The molecule has 0 aromatic heterocycles. The van der Waals surface area contributed by atoms with E-state index in [0.717, 1.165) is 17.1 Å². The molecular formula is C19H24ClN. The number of halogens is 1. The van der Waals surface area contributed by atoms with Crippen molar-refractivity contribution in [2.24, 2.45) is 0 Å². The maximum absolute atomic E-state index is 6.45. The summed E-state index contributed by atoms with van der Waals surface area (Å²) in [7, 11) is 0. The minimum atomic E-state index is 0.143. The lowest BCUT2D eigenvalue weighted by atomic mass is 9.94. The third-order valence-corrected chi connectivity index (χ3v) is 4.14. The van der Waals surface area contributed by atoms with Gasteiger partial charge in [-0.25, -0.2) is 0 Å². The first-order chi connectivity index (χ1) is 10.0. The normalized spacial score (nSPS) is 12.7. The van der Waals surface area contributed by atoms with Crippen LogP contribution in [-0.2, 0) is 0 Å². The zero-order valence-electron chi connectivity index (χ0n) is 13.3. The summed E-state index contributed by atoms with van der Waals surface area (Å²) in [6, 6.07) is 15.3. The largest absolute Gasteiger partial charge is 0.306 e. The fraction of sp³-hybridized carbons (Fsp3) is 0.368. The second-order valence-corrected chi connectivity index (χ2v) is 6.24. The molecule has 0 saturated carbocycles. The Morgan fingerprint density at radius 2 is 1.62 bits per heavy atom. The van der Waals surface area contributed by atoms with Crippen molar-refractivity contribution in [3.05, 3.63) is 69.7 Å². The molecule has 0 fully saturated rings. The molecule has 2 aromatic rings. The van der Waals surface area contributed by atoms with E-state index in [9.17, 15) is 0 Å². The van der Waals surface area contributed by atoms with Crippen LogP contribution in [0.5, 0.6) is 0 Å². The summed E-state index contributed by atoms with van der Waals surface area (Å²) in [5.41, 5.74) is 4.95. The highest BCUT2D eigenvalue weighted by Gasteiger charge is 2.16. The molecule has 0 saturated heterocycles. The fourth-order valence-electron chi connectivity index (χ4n) is 2.55. The Morgan fingerprint density at radius 3 is 2.14 bits per heavy atom. The van der Waals surface area contributed by atoms with Crippen LogP contribution < -0.4 is 5.32 Å². The van der Waals surface area contributed by atoms with Crippen molar-refractivity contribution in [2.75, 3.05) is 6.54 Å². The van der Waals surface area contributed by atoms with E-state index < -0.39 is 0 Å². The number of nitrogens with one attached hydrogen (secondary N) is 1. The van der Waals surface area contributed by atoms with E-state index in [1.54, 1.807) is 0 Å². The van der Waals surface area contributed by atoms with E-state index in [0.29, 0.717) is 5.92 Å². The Bertz CT molecular complexity index is 587. The van der Waals surface area contributed by atoms with Crippen LogP contribution in [0.3, 0.4) is 0 Å². The van der Waals surface area contributed by atoms with Gasteiger partial charge in [-0.1, -0.05) is 68.8 Å². The highest BCUT2D eigenvalue weighted by atomic mass is 35.5. The molecule has 0 aliphatic carbocycles. The van der Waals surface area contributed by atoms with Crippen molar-refractivity contribution >= 4 is 11.6 Å². The van der Waals surface area contributed by atoms with Crippen molar-refractivity contribution in [1.82, 2.24) is 5.32 Å². The molecule has 21 heavy (non-hydrogen) atoms. The van der Waals surface area contributed by atoms with E-state index in [-0.39, 0.29) is 6.04 Å². The van der Waals surface area contributed by atoms with Gasteiger partial charge in [0.1, 0.15) is 0 Å². The maximum Gasteiger partial charge on any atom is 0.0591 e. The van der Waals surface area contributed by atoms with Crippen LogP contribution in [0.4, 0.5) is 0 Å². The number of aryl methyl sites for hydroxylation is 1. The zero-order chi connectivity index (χ0) is 15.4. The van der Waals surface area contributed by atoms with Crippen molar-refractivity contribution < 1.29 is 0 Å². The molecule has 0 aliphatic rings. The SMILES string of the molecule is CCNC(c1ccc(C(C)C)cc1)c1ccc(C)cc1Cl. The lowest BCUT2D eigenvalue weighted by molar-refractivity contribution is 0.630. The third kappa shape index (κ3) is 3.87. The number of hydrogen-bond donors (Lipinski definition) is 1. The second-order valence-electron chi connectivity index (χ2n) is 5.84. The first-order valence-corrected chi connectivity index (χ1v) is 8.00. The van der Waals surface area contributed by atoms with Gasteiger partial charge in [-0.15, -0.1) is 0 Å². The average molecular weight is 302 g/mol. The summed E-state index contributed by atoms with van der Waals surface area (Å²) < 4.78 is 0. The van der Waals surface area contributed by atoms with Gasteiger partial charge < -0.3 is 5.32 Å². The standard InChI is InChI=1S/C19H24ClN/c1-5-21-19(17-11-6-14(4)12-18(17)20)16-9-7-15(8-10-16)13(2)3/h6-13,19,21H,5H2,1-4H3. The predicted octanol–water partition coefficient (Wildman–Crippen LogP) is 5.47. The highest BCUT2D eigenvalue weighted by molar-refractivity contribution is 6.31. The molecule has 2 rings (SSSR count). The van der Waals surface area contributed by atoms with E-state index in [1.807, 2.05) is 6.07 Å². The summed E-state index contributed by atoms with van der Waals surface area (Å²) in [4.78, 5) is 0.